The Labute approximate surface area is 181 Å². The predicted molar refractivity (Wildman–Crippen MR) is 116 cm³/mol. The Kier molecular flexibility index (Phi) is 7.65. The van der Waals surface area contributed by atoms with Crippen LogP contribution < -0.4 is 16.4 Å². The zero-order chi connectivity index (χ0) is 21.5. The third-order valence-corrected chi connectivity index (χ3v) is 5.77. The van der Waals surface area contributed by atoms with Crippen LogP contribution in [0.3, 0.4) is 0 Å². The molecule has 0 spiro atoms. The molecule has 1 aliphatic carbocycles. The molecule has 1 heterocycles. The zero-order valence-electron chi connectivity index (χ0n) is 16.7. The molecule has 0 unspecified atom stereocenters. The van der Waals surface area contributed by atoms with E-state index in [4.69, 9.17) is 22.4 Å². The quantitative estimate of drug-likeness (QED) is 0.500. The highest BCUT2D eigenvalue weighted by Gasteiger charge is 2.22. The first-order valence-corrected chi connectivity index (χ1v) is 10.5. The van der Waals surface area contributed by atoms with Crippen molar-refractivity contribution in [2.45, 2.75) is 32.2 Å². The molecule has 0 saturated heterocycles. The number of amides is 2. The number of pyridine rings is 1. The Balaban J connectivity index is 1.57. The molecule has 1 aromatic carbocycles. The largest absolute Gasteiger partial charge is 0.465 e. The molecule has 0 aliphatic heterocycles. The number of hydrogen-bond acceptors (Lipinski definition) is 4. The number of hydrogen-bond donors (Lipinski definition) is 4. The minimum absolute atomic E-state index is 0.176. The Morgan fingerprint density at radius 2 is 1.73 bits per heavy atom. The second kappa shape index (κ2) is 10.4. The van der Waals surface area contributed by atoms with Crippen LogP contribution in [0.15, 0.2) is 36.4 Å². The first kappa shape index (κ1) is 22.1. The maximum absolute atomic E-state index is 12.7. The van der Waals surface area contributed by atoms with Gasteiger partial charge < -0.3 is 21.5 Å². The topological polar surface area (TPSA) is 117 Å². The summed E-state index contributed by atoms with van der Waals surface area (Å²) in [7, 11) is 0. The van der Waals surface area contributed by atoms with Gasteiger partial charge in [0.1, 0.15) is 5.15 Å². The van der Waals surface area contributed by atoms with Crippen LogP contribution in [0.5, 0.6) is 0 Å². The normalized spacial score (nSPS) is 18.6. The lowest BCUT2D eigenvalue weighted by atomic mass is 9.82. The van der Waals surface area contributed by atoms with E-state index in [9.17, 15) is 9.59 Å². The molecule has 5 N–H and O–H groups in total. The third kappa shape index (κ3) is 6.18. The Morgan fingerprint density at radius 1 is 1.07 bits per heavy atom. The number of carbonyl (C=O) groups excluding carboxylic acids is 1. The standard InChI is InChI=1S/C22H27ClN4O3/c23-20-10-18(9-19(27-20)17-3-1-2-16(8-17)11-24)21(28)25-12-14-4-6-15(7-5-14)13-26-22(29)30/h1-3,8-10,14-15,26H,4-7,11-13,24H2,(H,25,28)(H,29,30). The summed E-state index contributed by atoms with van der Waals surface area (Å²) in [6.07, 6.45) is 2.89. The summed E-state index contributed by atoms with van der Waals surface area (Å²) < 4.78 is 0. The van der Waals surface area contributed by atoms with Crippen LogP contribution in [-0.4, -0.2) is 35.2 Å². The van der Waals surface area contributed by atoms with Crippen molar-refractivity contribution in [3.05, 3.63) is 52.7 Å². The summed E-state index contributed by atoms with van der Waals surface area (Å²) in [6, 6.07) is 11.0. The summed E-state index contributed by atoms with van der Waals surface area (Å²) in [6.45, 7) is 1.52. The van der Waals surface area contributed by atoms with Crippen LogP contribution in [-0.2, 0) is 6.54 Å². The van der Waals surface area contributed by atoms with Gasteiger partial charge in [0.2, 0.25) is 0 Å². The van der Waals surface area contributed by atoms with Crippen LogP contribution >= 0.6 is 11.6 Å². The van der Waals surface area contributed by atoms with Gasteiger partial charge in [0, 0.05) is 30.8 Å². The average Bonchev–Trinajstić information content (AvgIpc) is 2.76. The van der Waals surface area contributed by atoms with Gasteiger partial charge in [0.25, 0.3) is 5.91 Å². The molecule has 0 radical (unpaired) electrons. The number of nitrogens with one attached hydrogen (secondary N) is 2. The van der Waals surface area contributed by atoms with E-state index in [1.54, 1.807) is 12.1 Å². The van der Waals surface area contributed by atoms with Crippen LogP contribution in [0.4, 0.5) is 4.79 Å². The maximum atomic E-state index is 12.7. The smallest absolute Gasteiger partial charge is 0.404 e. The van der Waals surface area contributed by atoms with Crippen molar-refractivity contribution >= 4 is 23.6 Å². The minimum atomic E-state index is -0.977. The summed E-state index contributed by atoms with van der Waals surface area (Å²) in [5.74, 6) is 0.595. The van der Waals surface area contributed by atoms with E-state index in [-0.39, 0.29) is 11.1 Å². The van der Waals surface area contributed by atoms with E-state index in [0.29, 0.717) is 42.7 Å². The number of rotatable bonds is 7. The first-order chi connectivity index (χ1) is 14.4. The van der Waals surface area contributed by atoms with Crippen LogP contribution in [0.25, 0.3) is 11.3 Å². The number of carboxylic acid groups (broad SMARTS) is 1. The molecular weight excluding hydrogens is 404 g/mol. The number of halogens is 1. The highest BCUT2D eigenvalue weighted by molar-refractivity contribution is 6.30. The van der Waals surface area contributed by atoms with E-state index in [0.717, 1.165) is 36.8 Å². The van der Waals surface area contributed by atoms with Crippen molar-refractivity contribution in [1.29, 1.82) is 0 Å². The molecule has 0 atom stereocenters. The molecule has 8 heteroatoms. The van der Waals surface area contributed by atoms with Gasteiger partial charge >= 0.3 is 6.09 Å². The molecule has 2 amide bonds. The average molecular weight is 431 g/mol. The number of nitrogens with two attached hydrogens (primary N) is 1. The van der Waals surface area contributed by atoms with Crippen molar-refractivity contribution < 1.29 is 14.7 Å². The minimum Gasteiger partial charge on any atom is -0.465 e. The molecule has 3 rings (SSSR count). The molecule has 30 heavy (non-hydrogen) atoms. The summed E-state index contributed by atoms with van der Waals surface area (Å²) in [5.41, 5.74) is 8.67. The molecule has 1 aliphatic rings. The van der Waals surface area contributed by atoms with E-state index in [1.165, 1.54) is 0 Å². The van der Waals surface area contributed by atoms with E-state index < -0.39 is 6.09 Å². The van der Waals surface area contributed by atoms with E-state index in [2.05, 4.69) is 15.6 Å². The van der Waals surface area contributed by atoms with Gasteiger partial charge in [-0.2, -0.15) is 0 Å². The van der Waals surface area contributed by atoms with Crippen molar-refractivity contribution in [2.24, 2.45) is 17.6 Å². The van der Waals surface area contributed by atoms with Crippen LogP contribution in [0, 0.1) is 11.8 Å². The molecule has 0 bridgehead atoms. The Morgan fingerprint density at radius 3 is 2.37 bits per heavy atom. The summed E-state index contributed by atoms with van der Waals surface area (Å²) in [5, 5.41) is 14.4. The summed E-state index contributed by atoms with van der Waals surface area (Å²) >= 11 is 6.17. The Hall–Kier alpha value is -2.64. The zero-order valence-corrected chi connectivity index (χ0v) is 17.5. The van der Waals surface area contributed by atoms with Crippen LogP contribution in [0.1, 0.15) is 41.6 Å². The van der Waals surface area contributed by atoms with Gasteiger partial charge in [0.05, 0.1) is 5.69 Å². The lowest BCUT2D eigenvalue weighted by molar-refractivity contribution is 0.0940. The molecular formula is C22H27ClN4O3. The molecule has 1 saturated carbocycles. The number of carbonyl (C=O) groups is 2. The van der Waals surface area contributed by atoms with Crippen molar-refractivity contribution in [3.63, 3.8) is 0 Å². The number of nitrogens with zero attached hydrogens (tertiary/aromatic N) is 1. The van der Waals surface area contributed by atoms with Crippen molar-refractivity contribution in [3.8, 4) is 11.3 Å². The molecule has 1 aromatic heterocycles. The predicted octanol–water partition coefficient (Wildman–Crippen LogP) is 3.66. The number of aromatic nitrogens is 1. The lowest BCUT2D eigenvalue weighted by Gasteiger charge is -2.28. The van der Waals surface area contributed by atoms with Gasteiger partial charge in [-0.05, 0) is 61.3 Å². The SMILES string of the molecule is NCc1cccc(-c2cc(C(=O)NCC3CCC(CNC(=O)O)CC3)cc(Cl)n2)c1. The fourth-order valence-corrected chi connectivity index (χ4v) is 4.05. The molecule has 2 aromatic rings. The van der Waals surface area contributed by atoms with Gasteiger partial charge in [-0.1, -0.05) is 29.8 Å². The lowest BCUT2D eigenvalue weighted by Crippen LogP contribution is -2.34. The van der Waals surface area contributed by atoms with Gasteiger partial charge in [0.15, 0.2) is 0 Å². The monoisotopic (exact) mass is 430 g/mol. The second-order valence-corrected chi connectivity index (χ2v) is 8.14. The van der Waals surface area contributed by atoms with Crippen molar-refractivity contribution in [2.75, 3.05) is 13.1 Å². The van der Waals surface area contributed by atoms with Gasteiger partial charge in [-0.3, -0.25) is 4.79 Å². The fraction of sp³-hybridized carbons (Fsp3) is 0.409. The fourth-order valence-electron chi connectivity index (χ4n) is 3.84. The summed E-state index contributed by atoms with van der Waals surface area (Å²) in [4.78, 5) is 27.7. The van der Waals surface area contributed by atoms with Gasteiger partial charge in [-0.15, -0.1) is 0 Å². The second-order valence-electron chi connectivity index (χ2n) is 7.75. The third-order valence-electron chi connectivity index (χ3n) is 5.57. The highest BCUT2D eigenvalue weighted by atomic mass is 35.5. The Bertz CT molecular complexity index is 898. The maximum Gasteiger partial charge on any atom is 0.404 e. The molecule has 160 valence electrons. The van der Waals surface area contributed by atoms with E-state index in [1.807, 2.05) is 24.3 Å². The van der Waals surface area contributed by atoms with Crippen molar-refractivity contribution in [1.82, 2.24) is 15.6 Å². The number of benzene rings is 1. The molecule has 7 nitrogen and oxygen atoms in total. The highest BCUT2D eigenvalue weighted by Crippen LogP contribution is 2.28. The van der Waals surface area contributed by atoms with E-state index >= 15 is 0 Å². The van der Waals surface area contributed by atoms with Crippen LogP contribution in [0.2, 0.25) is 5.15 Å². The first-order valence-electron chi connectivity index (χ1n) is 10.2. The van der Waals surface area contributed by atoms with Gasteiger partial charge in [-0.25, -0.2) is 9.78 Å². The molecule has 1 fully saturated rings.